The maximum absolute atomic E-state index is 12.3. The molecule has 1 aliphatic heterocycles. The Morgan fingerprint density at radius 2 is 1.74 bits per heavy atom. The van der Waals surface area contributed by atoms with E-state index < -0.39 is 17.7 Å². The lowest BCUT2D eigenvalue weighted by Crippen LogP contribution is -2.41. The molecule has 0 saturated heterocycles. The first kappa shape index (κ1) is 20.2. The second kappa shape index (κ2) is 8.34. The summed E-state index contributed by atoms with van der Waals surface area (Å²) in [5.74, 6) is 1.40. The number of anilines is 1. The molecule has 3 amide bonds. The minimum Gasteiger partial charge on any atom is -0.368 e. The number of carbonyl (C=O) groups is 3. The van der Waals surface area contributed by atoms with Crippen molar-refractivity contribution in [2.24, 2.45) is 0 Å². The summed E-state index contributed by atoms with van der Waals surface area (Å²) in [5, 5.41) is 5.85. The third-order valence-corrected chi connectivity index (χ3v) is 4.83. The van der Waals surface area contributed by atoms with Gasteiger partial charge < -0.3 is 10.6 Å². The first-order chi connectivity index (χ1) is 14.9. The molecule has 158 valence electrons. The predicted molar refractivity (Wildman–Crippen MR) is 112 cm³/mol. The number of fused-ring (bicyclic) bond motifs is 1. The van der Waals surface area contributed by atoms with Crippen LogP contribution in [-0.4, -0.2) is 61.8 Å². The van der Waals surface area contributed by atoms with Gasteiger partial charge in [0.2, 0.25) is 5.91 Å². The van der Waals surface area contributed by atoms with Gasteiger partial charge >= 0.3 is 0 Å². The van der Waals surface area contributed by atoms with E-state index >= 15 is 0 Å². The number of amides is 3. The van der Waals surface area contributed by atoms with Crippen LogP contribution in [0.5, 0.6) is 0 Å². The minimum absolute atomic E-state index is 0.296. The quantitative estimate of drug-likeness (QED) is 0.434. The number of nitrogens with zero attached hydrogens (tertiary/aromatic N) is 5. The lowest BCUT2D eigenvalue weighted by atomic mass is 10.1. The molecule has 0 fully saturated rings. The Morgan fingerprint density at radius 3 is 2.39 bits per heavy atom. The van der Waals surface area contributed by atoms with Crippen LogP contribution >= 0.6 is 0 Å². The van der Waals surface area contributed by atoms with Crippen LogP contribution in [0.4, 0.5) is 5.82 Å². The number of imide groups is 1. The molecule has 1 aromatic carbocycles. The Hall–Kier alpha value is -4.08. The molecular formula is C21H21N7O3. The second-order valence-corrected chi connectivity index (χ2v) is 7.02. The molecule has 0 atom stereocenters. The summed E-state index contributed by atoms with van der Waals surface area (Å²) in [6.07, 6.45) is 3.52. The molecule has 10 nitrogen and oxygen atoms in total. The molecular weight excluding hydrogens is 398 g/mol. The van der Waals surface area contributed by atoms with Crippen molar-refractivity contribution in [1.29, 1.82) is 0 Å². The summed E-state index contributed by atoms with van der Waals surface area (Å²) >= 11 is 0. The van der Waals surface area contributed by atoms with Crippen molar-refractivity contribution in [1.82, 2.24) is 29.7 Å². The molecule has 1 aliphatic rings. The van der Waals surface area contributed by atoms with Crippen molar-refractivity contribution in [2.45, 2.75) is 13.8 Å². The summed E-state index contributed by atoms with van der Waals surface area (Å²) in [5.41, 5.74) is 0.648. The zero-order valence-electron chi connectivity index (χ0n) is 17.1. The van der Waals surface area contributed by atoms with Crippen LogP contribution in [0.1, 0.15) is 32.4 Å². The second-order valence-electron chi connectivity index (χ2n) is 7.02. The first-order valence-corrected chi connectivity index (χ1v) is 9.76. The van der Waals surface area contributed by atoms with E-state index in [0.29, 0.717) is 41.7 Å². The lowest BCUT2D eigenvalue weighted by molar-refractivity contribution is -0.121. The lowest BCUT2D eigenvalue weighted by Gasteiger charge is -2.14. The van der Waals surface area contributed by atoms with Gasteiger partial charge in [0, 0.05) is 31.5 Å². The van der Waals surface area contributed by atoms with Gasteiger partial charge in [-0.05, 0) is 26.0 Å². The third kappa shape index (κ3) is 4.13. The summed E-state index contributed by atoms with van der Waals surface area (Å²) in [6.45, 7) is 4.07. The monoisotopic (exact) mass is 419 g/mol. The van der Waals surface area contributed by atoms with Gasteiger partial charge in [0.1, 0.15) is 29.8 Å². The van der Waals surface area contributed by atoms with Crippen molar-refractivity contribution < 1.29 is 14.4 Å². The van der Waals surface area contributed by atoms with Gasteiger partial charge in [-0.3, -0.25) is 23.9 Å². The fourth-order valence-corrected chi connectivity index (χ4v) is 3.36. The van der Waals surface area contributed by atoms with E-state index in [0.717, 1.165) is 10.7 Å². The number of hydrogen-bond acceptors (Lipinski definition) is 7. The van der Waals surface area contributed by atoms with E-state index in [9.17, 15) is 14.4 Å². The largest absolute Gasteiger partial charge is 0.368 e. The van der Waals surface area contributed by atoms with Crippen molar-refractivity contribution in [2.75, 3.05) is 25.0 Å². The Morgan fingerprint density at radius 1 is 1.03 bits per heavy atom. The van der Waals surface area contributed by atoms with Crippen molar-refractivity contribution in [3.8, 4) is 5.82 Å². The van der Waals surface area contributed by atoms with Crippen LogP contribution in [0, 0.1) is 13.8 Å². The molecule has 0 aliphatic carbocycles. The van der Waals surface area contributed by atoms with E-state index in [1.165, 1.54) is 0 Å². The number of rotatable bonds is 7. The van der Waals surface area contributed by atoms with Gasteiger partial charge in [-0.1, -0.05) is 12.1 Å². The number of nitrogens with one attached hydrogen (secondary N) is 2. The Bertz CT molecular complexity index is 1140. The molecule has 0 unspecified atom stereocenters. The van der Waals surface area contributed by atoms with Crippen LogP contribution < -0.4 is 10.6 Å². The highest BCUT2D eigenvalue weighted by Gasteiger charge is 2.36. The number of carbonyl (C=O) groups excluding carboxylic acids is 3. The summed E-state index contributed by atoms with van der Waals surface area (Å²) in [7, 11) is 0. The third-order valence-electron chi connectivity index (χ3n) is 4.83. The van der Waals surface area contributed by atoms with Gasteiger partial charge in [0.25, 0.3) is 11.8 Å². The number of imidazole rings is 1. The topological polar surface area (TPSA) is 122 Å². The standard InChI is InChI=1S/C21H21N7O3/c1-13-25-17(11-18(26-13)27-10-9-22-14(27)2)23-7-8-24-19(29)12-28-20(30)15-5-3-4-6-16(15)21(28)31/h3-6,9-11H,7-8,12H2,1-2H3,(H,24,29)(H,23,25,26). The molecule has 0 radical (unpaired) electrons. The number of aromatic nitrogens is 4. The van der Waals surface area contributed by atoms with E-state index in [1.54, 1.807) is 43.5 Å². The summed E-state index contributed by atoms with van der Waals surface area (Å²) < 4.78 is 1.85. The normalized spacial score (nSPS) is 12.8. The molecule has 10 heteroatoms. The Balaban J connectivity index is 1.29. The van der Waals surface area contributed by atoms with E-state index in [4.69, 9.17) is 0 Å². The van der Waals surface area contributed by atoms with Gasteiger partial charge in [0.15, 0.2) is 0 Å². The van der Waals surface area contributed by atoms with Gasteiger partial charge in [-0.15, -0.1) is 0 Å². The first-order valence-electron chi connectivity index (χ1n) is 9.76. The summed E-state index contributed by atoms with van der Waals surface area (Å²) in [4.78, 5) is 50.8. The molecule has 0 saturated carbocycles. The van der Waals surface area contributed by atoms with Crippen LogP contribution in [0.15, 0.2) is 42.7 Å². The number of benzene rings is 1. The fraction of sp³-hybridized carbons (Fsp3) is 0.238. The average Bonchev–Trinajstić information content (AvgIpc) is 3.28. The molecule has 3 aromatic rings. The average molecular weight is 419 g/mol. The highest BCUT2D eigenvalue weighted by molar-refractivity contribution is 6.22. The maximum atomic E-state index is 12.3. The highest BCUT2D eigenvalue weighted by Crippen LogP contribution is 2.21. The summed E-state index contributed by atoms with van der Waals surface area (Å²) in [6, 6.07) is 8.34. The van der Waals surface area contributed by atoms with E-state index in [-0.39, 0.29) is 6.54 Å². The molecule has 3 heterocycles. The van der Waals surface area contributed by atoms with Gasteiger partial charge in [0.05, 0.1) is 11.1 Å². The Kier molecular flexibility index (Phi) is 5.44. The zero-order chi connectivity index (χ0) is 22.0. The molecule has 2 N–H and O–H groups in total. The molecule has 0 bridgehead atoms. The predicted octanol–water partition coefficient (Wildman–Crippen LogP) is 1.10. The van der Waals surface area contributed by atoms with E-state index in [2.05, 4.69) is 25.6 Å². The molecule has 4 rings (SSSR count). The fourth-order valence-electron chi connectivity index (χ4n) is 3.36. The molecule has 31 heavy (non-hydrogen) atoms. The van der Waals surface area contributed by atoms with Crippen LogP contribution in [0.2, 0.25) is 0 Å². The van der Waals surface area contributed by atoms with Crippen LogP contribution in [-0.2, 0) is 4.79 Å². The van der Waals surface area contributed by atoms with Crippen molar-refractivity contribution in [3.05, 3.63) is 65.5 Å². The zero-order valence-corrected chi connectivity index (χ0v) is 17.1. The van der Waals surface area contributed by atoms with E-state index in [1.807, 2.05) is 17.7 Å². The van der Waals surface area contributed by atoms with Crippen LogP contribution in [0.25, 0.3) is 5.82 Å². The highest BCUT2D eigenvalue weighted by atomic mass is 16.2. The van der Waals surface area contributed by atoms with Crippen LogP contribution in [0.3, 0.4) is 0 Å². The maximum Gasteiger partial charge on any atom is 0.262 e. The number of hydrogen-bond donors (Lipinski definition) is 2. The Labute approximate surface area is 178 Å². The minimum atomic E-state index is -0.451. The van der Waals surface area contributed by atoms with Crippen molar-refractivity contribution >= 4 is 23.5 Å². The van der Waals surface area contributed by atoms with Gasteiger partial charge in [-0.25, -0.2) is 15.0 Å². The van der Waals surface area contributed by atoms with Gasteiger partial charge in [-0.2, -0.15) is 0 Å². The molecule has 2 aromatic heterocycles. The molecule has 0 spiro atoms. The smallest absolute Gasteiger partial charge is 0.262 e. The number of aryl methyl sites for hydroxylation is 2. The SMILES string of the molecule is Cc1nc(NCCNC(=O)CN2C(=O)c3ccccc3C2=O)cc(-n2ccnc2C)n1. The van der Waals surface area contributed by atoms with Crippen molar-refractivity contribution in [3.63, 3.8) is 0 Å².